The molecule has 1 aromatic rings. The quantitative estimate of drug-likeness (QED) is 0.797. The van der Waals surface area contributed by atoms with Crippen molar-refractivity contribution in [1.82, 2.24) is 14.8 Å². The van der Waals surface area contributed by atoms with Gasteiger partial charge >= 0.3 is 0 Å². The molecule has 0 spiro atoms. The summed E-state index contributed by atoms with van der Waals surface area (Å²) in [5, 5.41) is 7.78. The van der Waals surface area contributed by atoms with E-state index in [0.29, 0.717) is 12.5 Å². The van der Waals surface area contributed by atoms with Crippen LogP contribution in [0.4, 0.5) is 0 Å². The second-order valence-electron chi connectivity index (χ2n) is 5.35. The van der Waals surface area contributed by atoms with Crippen LogP contribution < -0.4 is 0 Å². The third kappa shape index (κ3) is 2.05. The smallest absolute Gasteiger partial charge is 0.296 e. The number of rotatable bonds is 4. The summed E-state index contributed by atoms with van der Waals surface area (Å²) in [5.41, 5.74) is 0. The highest BCUT2D eigenvalue weighted by Gasteiger charge is 2.47. The van der Waals surface area contributed by atoms with Crippen molar-refractivity contribution in [3.8, 4) is 0 Å². The van der Waals surface area contributed by atoms with Crippen molar-refractivity contribution < 1.29 is 8.42 Å². The molecule has 0 radical (unpaired) electrons. The molecule has 7 heteroatoms. The highest BCUT2D eigenvalue weighted by molar-refractivity contribution is 8.13. The lowest BCUT2D eigenvalue weighted by Gasteiger charge is -2.13. The van der Waals surface area contributed by atoms with Gasteiger partial charge in [-0.2, -0.15) is 0 Å². The lowest BCUT2D eigenvalue weighted by atomic mass is 10.0. The van der Waals surface area contributed by atoms with E-state index in [4.69, 9.17) is 10.7 Å². The average molecular weight is 290 g/mol. The van der Waals surface area contributed by atoms with Gasteiger partial charge in [-0.1, -0.05) is 6.92 Å². The number of nitrogens with zero attached hydrogens (tertiary/aromatic N) is 3. The van der Waals surface area contributed by atoms with Gasteiger partial charge < -0.3 is 4.57 Å². The van der Waals surface area contributed by atoms with Crippen LogP contribution >= 0.6 is 10.7 Å². The van der Waals surface area contributed by atoms with Gasteiger partial charge in [-0.15, -0.1) is 10.2 Å². The molecule has 1 heterocycles. The third-order valence-electron chi connectivity index (χ3n) is 4.02. The van der Waals surface area contributed by atoms with E-state index in [9.17, 15) is 8.42 Å². The van der Waals surface area contributed by atoms with Crippen LogP contribution in [0, 0.1) is 11.8 Å². The van der Waals surface area contributed by atoms with Gasteiger partial charge in [0.05, 0.1) is 0 Å². The summed E-state index contributed by atoms with van der Waals surface area (Å²) in [6.45, 7) is 2.61. The zero-order valence-corrected chi connectivity index (χ0v) is 11.8. The average Bonchev–Trinajstić information content (AvgIpc) is 2.75. The number of fused-ring (bicyclic) bond motifs is 1. The first-order valence-corrected chi connectivity index (χ1v) is 8.69. The van der Waals surface area contributed by atoms with Gasteiger partial charge in [-0.25, -0.2) is 8.42 Å². The van der Waals surface area contributed by atoms with Crippen molar-refractivity contribution in [2.24, 2.45) is 11.8 Å². The second kappa shape index (κ2) is 4.20. The maximum Gasteiger partial charge on any atom is 0.296 e. The molecule has 2 aliphatic rings. The lowest BCUT2D eigenvalue weighted by Crippen LogP contribution is -2.12. The fourth-order valence-corrected chi connectivity index (χ4v) is 4.07. The van der Waals surface area contributed by atoms with Gasteiger partial charge in [0.25, 0.3) is 14.2 Å². The Balaban J connectivity index is 1.96. The summed E-state index contributed by atoms with van der Waals surface area (Å²) in [7, 11) is 1.60. The minimum absolute atomic E-state index is 0.0957. The molecule has 0 saturated heterocycles. The molecule has 5 nitrogen and oxygen atoms in total. The van der Waals surface area contributed by atoms with Crippen molar-refractivity contribution in [2.75, 3.05) is 0 Å². The Morgan fingerprint density at radius 3 is 2.50 bits per heavy atom. The van der Waals surface area contributed by atoms with Crippen molar-refractivity contribution in [1.29, 1.82) is 0 Å². The van der Waals surface area contributed by atoms with Crippen molar-refractivity contribution in [3.63, 3.8) is 0 Å². The van der Waals surface area contributed by atoms with Gasteiger partial charge in [0.2, 0.25) is 0 Å². The predicted molar refractivity (Wildman–Crippen MR) is 66.9 cm³/mol. The maximum absolute atomic E-state index is 11.5. The highest BCUT2D eigenvalue weighted by atomic mass is 35.7. The third-order valence-corrected chi connectivity index (χ3v) is 5.17. The van der Waals surface area contributed by atoms with Crippen LogP contribution in [0.5, 0.6) is 0 Å². The van der Waals surface area contributed by atoms with Crippen LogP contribution in [0.15, 0.2) is 5.16 Å². The SMILES string of the molecule is CCCn1c(C2CC3CC3C2)nnc1S(=O)(=O)Cl. The first-order valence-electron chi connectivity index (χ1n) is 6.38. The van der Waals surface area contributed by atoms with Gasteiger partial charge in [-0.05, 0) is 37.5 Å². The molecule has 0 bridgehead atoms. The molecule has 2 fully saturated rings. The van der Waals surface area contributed by atoms with E-state index in [-0.39, 0.29) is 5.16 Å². The van der Waals surface area contributed by atoms with Gasteiger partial charge in [0.1, 0.15) is 5.82 Å². The van der Waals surface area contributed by atoms with Crippen LogP contribution in [0.25, 0.3) is 0 Å². The van der Waals surface area contributed by atoms with Crippen LogP contribution in [0.3, 0.4) is 0 Å². The molecule has 0 aliphatic heterocycles. The molecule has 2 saturated carbocycles. The van der Waals surface area contributed by atoms with E-state index < -0.39 is 9.05 Å². The van der Waals surface area contributed by atoms with E-state index in [0.717, 1.165) is 36.9 Å². The molecule has 100 valence electrons. The summed E-state index contributed by atoms with van der Waals surface area (Å²) in [5.74, 6) is 2.83. The topological polar surface area (TPSA) is 64.8 Å². The summed E-state index contributed by atoms with van der Waals surface area (Å²) >= 11 is 0. The minimum Gasteiger partial charge on any atom is -0.301 e. The van der Waals surface area contributed by atoms with Crippen LogP contribution in [0.1, 0.15) is 44.3 Å². The Kier molecular flexibility index (Phi) is 2.90. The van der Waals surface area contributed by atoms with E-state index in [1.54, 1.807) is 4.57 Å². The Bertz CT molecular complexity index is 559. The Morgan fingerprint density at radius 2 is 1.94 bits per heavy atom. The first kappa shape index (κ1) is 12.4. The minimum atomic E-state index is -3.81. The highest BCUT2D eigenvalue weighted by Crippen LogP contribution is 2.57. The number of halogens is 1. The number of aromatic nitrogens is 3. The zero-order chi connectivity index (χ0) is 12.9. The first-order chi connectivity index (χ1) is 8.50. The summed E-state index contributed by atoms with van der Waals surface area (Å²) in [4.78, 5) is 0. The molecule has 0 amide bonds. The number of hydrogen-bond acceptors (Lipinski definition) is 4. The van der Waals surface area contributed by atoms with Gasteiger partial charge in [0.15, 0.2) is 0 Å². The summed E-state index contributed by atoms with van der Waals surface area (Å²) in [6, 6.07) is 0. The molecular weight excluding hydrogens is 274 g/mol. The van der Waals surface area contributed by atoms with Crippen LogP contribution in [-0.2, 0) is 15.6 Å². The van der Waals surface area contributed by atoms with Gasteiger partial charge in [0, 0.05) is 23.1 Å². The summed E-state index contributed by atoms with van der Waals surface area (Å²) in [6.07, 6.45) is 4.41. The zero-order valence-electron chi connectivity index (χ0n) is 10.2. The predicted octanol–water partition coefficient (Wildman–Crippen LogP) is 2.13. The van der Waals surface area contributed by atoms with Crippen molar-refractivity contribution >= 4 is 19.7 Å². The second-order valence-corrected chi connectivity index (χ2v) is 7.81. The molecule has 18 heavy (non-hydrogen) atoms. The van der Waals surface area contributed by atoms with Crippen molar-refractivity contribution in [2.45, 2.75) is 50.2 Å². The summed E-state index contributed by atoms with van der Waals surface area (Å²) < 4.78 is 24.6. The van der Waals surface area contributed by atoms with Crippen LogP contribution in [0.2, 0.25) is 0 Å². The molecule has 3 rings (SSSR count). The van der Waals surface area contributed by atoms with Crippen molar-refractivity contribution in [3.05, 3.63) is 5.82 Å². The van der Waals surface area contributed by atoms with E-state index in [2.05, 4.69) is 10.2 Å². The van der Waals surface area contributed by atoms with E-state index in [1.165, 1.54) is 6.42 Å². The van der Waals surface area contributed by atoms with Gasteiger partial charge in [-0.3, -0.25) is 0 Å². The largest absolute Gasteiger partial charge is 0.301 e. The van der Waals surface area contributed by atoms with Crippen LogP contribution in [-0.4, -0.2) is 23.2 Å². The number of hydrogen-bond donors (Lipinski definition) is 0. The van der Waals surface area contributed by atoms with E-state index in [1.807, 2.05) is 6.92 Å². The Labute approximate surface area is 111 Å². The molecule has 2 unspecified atom stereocenters. The monoisotopic (exact) mass is 289 g/mol. The molecule has 0 aromatic carbocycles. The Morgan fingerprint density at radius 1 is 1.28 bits per heavy atom. The fraction of sp³-hybridized carbons (Fsp3) is 0.818. The molecule has 2 aliphatic carbocycles. The normalized spacial score (nSPS) is 30.4. The standard InChI is InChI=1S/C11H16ClN3O2S/c1-2-3-15-10(9-5-7-4-8(7)6-9)13-14-11(15)18(12,16)17/h7-9H,2-6H2,1H3. The molecular formula is C11H16ClN3O2S. The van der Waals surface area contributed by atoms with E-state index >= 15 is 0 Å². The lowest BCUT2D eigenvalue weighted by molar-refractivity contribution is 0.510. The molecule has 2 atom stereocenters. The molecule has 0 N–H and O–H groups in total. The molecule has 1 aromatic heterocycles. The fourth-order valence-electron chi connectivity index (χ4n) is 3.14. The Hall–Kier alpha value is -0.620. The maximum atomic E-state index is 11.5.